The molecule has 0 saturated heterocycles. The number of nitrogens with one attached hydrogen (secondary N) is 1. The lowest BCUT2D eigenvalue weighted by Crippen LogP contribution is -2.14. The summed E-state index contributed by atoms with van der Waals surface area (Å²) in [6.07, 6.45) is 7.96. The van der Waals surface area contributed by atoms with Gasteiger partial charge < -0.3 is 10.1 Å². The minimum atomic E-state index is 0.481. The first-order valence-electron chi connectivity index (χ1n) is 6.53. The summed E-state index contributed by atoms with van der Waals surface area (Å²) in [5.41, 5.74) is 0.907. The Morgan fingerprint density at radius 3 is 2.74 bits per heavy atom. The summed E-state index contributed by atoms with van der Waals surface area (Å²) in [4.78, 5) is 8.52. The van der Waals surface area contributed by atoms with Crippen LogP contribution in [0.5, 0.6) is 11.6 Å². The Bertz CT molecular complexity index is 494. The average molecular weight is 261 g/mol. The van der Waals surface area contributed by atoms with Gasteiger partial charge >= 0.3 is 0 Å². The van der Waals surface area contributed by atoms with E-state index < -0.39 is 0 Å². The molecule has 0 spiro atoms. The van der Waals surface area contributed by atoms with Crippen LogP contribution in [-0.2, 0) is 13.1 Å². The second kappa shape index (κ2) is 6.84. The van der Waals surface area contributed by atoms with Crippen molar-refractivity contribution in [1.82, 2.24) is 25.1 Å². The molecule has 0 amide bonds. The molecule has 2 rings (SSSR count). The van der Waals surface area contributed by atoms with E-state index in [2.05, 4.69) is 27.3 Å². The summed E-state index contributed by atoms with van der Waals surface area (Å²) in [5.74, 6) is 1.16. The molecule has 2 heterocycles. The van der Waals surface area contributed by atoms with Crippen molar-refractivity contribution in [2.45, 2.75) is 33.4 Å². The van der Waals surface area contributed by atoms with E-state index in [1.165, 1.54) is 0 Å². The summed E-state index contributed by atoms with van der Waals surface area (Å²) in [7, 11) is 0. The van der Waals surface area contributed by atoms with E-state index in [-0.39, 0.29) is 0 Å². The predicted octanol–water partition coefficient (Wildman–Crippen LogP) is 1.98. The van der Waals surface area contributed by atoms with Crippen LogP contribution in [0.4, 0.5) is 0 Å². The predicted molar refractivity (Wildman–Crippen MR) is 72.0 cm³/mol. The van der Waals surface area contributed by atoms with Crippen molar-refractivity contribution >= 4 is 0 Å². The van der Waals surface area contributed by atoms with Crippen LogP contribution < -0.4 is 10.1 Å². The zero-order valence-corrected chi connectivity index (χ0v) is 11.3. The number of hydrogen-bond acceptors (Lipinski definition) is 5. The summed E-state index contributed by atoms with van der Waals surface area (Å²) in [6.45, 7) is 6.68. The lowest BCUT2D eigenvalue weighted by Gasteiger charge is -2.04. The maximum atomic E-state index is 5.56. The molecule has 0 radical (unpaired) electrons. The van der Waals surface area contributed by atoms with Gasteiger partial charge in [0, 0.05) is 13.1 Å². The van der Waals surface area contributed by atoms with Crippen LogP contribution >= 0.6 is 0 Å². The first-order valence-corrected chi connectivity index (χ1v) is 6.53. The van der Waals surface area contributed by atoms with Gasteiger partial charge in [-0.05, 0) is 19.9 Å². The highest BCUT2D eigenvalue weighted by atomic mass is 16.5. The van der Waals surface area contributed by atoms with Crippen molar-refractivity contribution in [3.05, 3.63) is 30.5 Å². The molecule has 102 valence electrons. The van der Waals surface area contributed by atoms with Gasteiger partial charge in [-0.1, -0.05) is 6.92 Å². The maximum absolute atomic E-state index is 5.56. The van der Waals surface area contributed by atoms with E-state index in [1.54, 1.807) is 23.3 Å². The van der Waals surface area contributed by atoms with Crippen LogP contribution in [0.3, 0.4) is 0 Å². The first-order chi connectivity index (χ1) is 9.31. The van der Waals surface area contributed by atoms with Gasteiger partial charge in [0.2, 0.25) is 5.88 Å². The molecule has 0 aliphatic rings. The molecule has 6 heteroatoms. The Labute approximate surface area is 112 Å². The molecule has 19 heavy (non-hydrogen) atoms. The third kappa shape index (κ3) is 4.03. The first kappa shape index (κ1) is 13.5. The minimum Gasteiger partial charge on any atom is -0.434 e. The lowest BCUT2D eigenvalue weighted by atomic mass is 10.4. The van der Waals surface area contributed by atoms with Crippen molar-refractivity contribution in [3.63, 3.8) is 0 Å². The highest BCUT2D eigenvalue weighted by Gasteiger charge is 2.02. The quantitative estimate of drug-likeness (QED) is 0.772. The van der Waals surface area contributed by atoms with Gasteiger partial charge in [0.1, 0.15) is 0 Å². The normalized spacial score (nSPS) is 10.6. The van der Waals surface area contributed by atoms with Crippen LogP contribution in [0, 0.1) is 0 Å². The maximum Gasteiger partial charge on any atom is 0.238 e. The molecule has 0 aromatic carbocycles. The molecule has 0 aliphatic carbocycles. The zero-order valence-electron chi connectivity index (χ0n) is 11.3. The van der Waals surface area contributed by atoms with E-state index in [0.717, 1.165) is 31.7 Å². The van der Waals surface area contributed by atoms with E-state index in [9.17, 15) is 0 Å². The number of ether oxygens (including phenoxy) is 1. The number of hydrogen-bond donors (Lipinski definition) is 1. The highest BCUT2D eigenvalue weighted by Crippen LogP contribution is 2.17. The summed E-state index contributed by atoms with van der Waals surface area (Å²) in [5, 5.41) is 7.41. The van der Waals surface area contributed by atoms with E-state index >= 15 is 0 Å². The standard InChI is InChI=1S/C13H19N5O/c1-3-5-14-6-11-7-16-13(9-15-11)19-12-8-17-18(4-2)10-12/h7-10,14H,3-6H2,1-2H3. The topological polar surface area (TPSA) is 64.9 Å². The molecule has 0 bridgehead atoms. The fraction of sp³-hybridized carbons (Fsp3) is 0.462. The molecular formula is C13H19N5O. The van der Waals surface area contributed by atoms with Gasteiger partial charge in [-0.25, -0.2) is 4.98 Å². The summed E-state index contributed by atoms with van der Waals surface area (Å²) < 4.78 is 7.36. The molecule has 1 N–H and O–H groups in total. The number of aryl methyl sites for hydroxylation is 1. The Kier molecular flexibility index (Phi) is 4.85. The molecule has 2 aromatic heterocycles. The molecule has 6 nitrogen and oxygen atoms in total. The van der Waals surface area contributed by atoms with E-state index in [1.807, 2.05) is 13.1 Å². The van der Waals surface area contributed by atoms with Crippen LogP contribution in [0.1, 0.15) is 26.0 Å². The van der Waals surface area contributed by atoms with Crippen molar-refractivity contribution in [3.8, 4) is 11.6 Å². The van der Waals surface area contributed by atoms with E-state index in [0.29, 0.717) is 11.6 Å². The van der Waals surface area contributed by atoms with Gasteiger partial charge in [0.25, 0.3) is 0 Å². The average Bonchev–Trinajstić information content (AvgIpc) is 2.89. The minimum absolute atomic E-state index is 0.481. The van der Waals surface area contributed by atoms with Crippen LogP contribution in [0.2, 0.25) is 0 Å². The van der Waals surface area contributed by atoms with Gasteiger partial charge in [-0.3, -0.25) is 9.67 Å². The van der Waals surface area contributed by atoms with Crippen molar-refractivity contribution in [1.29, 1.82) is 0 Å². The summed E-state index contributed by atoms with van der Waals surface area (Å²) >= 11 is 0. The third-order valence-corrected chi connectivity index (χ3v) is 2.57. The molecular weight excluding hydrogens is 242 g/mol. The van der Waals surface area contributed by atoms with Gasteiger partial charge in [-0.2, -0.15) is 5.10 Å². The second-order valence-electron chi connectivity index (χ2n) is 4.16. The van der Waals surface area contributed by atoms with Crippen LogP contribution in [-0.4, -0.2) is 26.3 Å². The Morgan fingerprint density at radius 2 is 2.11 bits per heavy atom. The molecule has 0 atom stereocenters. The Hall–Kier alpha value is -1.95. The van der Waals surface area contributed by atoms with Crippen molar-refractivity contribution < 1.29 is 4.74 Å². The summed E-state index contributed by atoms with van der Waals surface area (Å²) in [6, 6.07) is 0. The van der Waals surface area contributed by atoms with Crippen LogP contribution in [0.25, 0.3) is 0 Å². The number of rotatable bonds is 7. The SMILES string of the molecule is CCCNCc1cnc(Oc2cnn(CC)c2)cn1. The number of aromatic nitrogens is 4. The van der Waals surface area contributed by atoms with Crippen LogP contribution in [0.15, 0.2) is 24.8 Å². The smallest absolute Gasteiger partial charge is 0.238 e. The van der Waals surface area contributed by atoms with Gasteiger partial charge in [0.15, 0.2) is 5.75 Å². The zero-order chi connectivity index (χ0) is 13.5. The monoisotopic (exact) mass is 261 g/mol. The fourth-order valence-corrected chi connectivity index (χ4v) is 1.57. The largest absolute Gasteiger partial charge is 0.434 e. The van der Waals surface area contributed by atoms with Gasteiger partial charge in [0.05, 0.1) is 30.5 Å². The Morgan fingerprint density at radius 1 is 1.21 bits per heavy atom. The lowest BCUT2D eigenvalue weighted by molar-refractivity contribution is 0.457. The molecule has 2 aromatic rings. The fourth-order valence-electron chi connectivity index (χ4n) is 1.57. The molecule has 0 fully saturated rings. The van der Waals surface area contributed by atoms with Gasteiger partial charge in [-0.15, -0.1) is 0 Å². The highest BCUT2D eigenvalue weighted by molar-refractivity contribution is 5.19. The van der Waals surface area contributed by atoms with Crippen molar-refractivity contribution in [2.75, 3.05) is 6.54 Å². The third-order valence-electron chi connectivity index (χ3n) is 2.57. The van der Waals surface area contributed by atoms with E-state index in [4.69, 9.17) is 4.74 Å². The second-order valence-corrected chi connectivity index (χ2v) is 4.16. The molecule has 0 aliphatic heterocycles. The van der Waals surface area contributed by atoms with Crippen molar-refractivity contribution in [2.24, 2.45) is 0 Å². The number of nitrogens with zero attached hydrogens (tertiary/aromatic N) is 4. The molecule has 0 saturated carbocycles. The molecule has 0 unspecified atom stereocenters. The Balaban J connectivity index is 1.90.